The number of aliphatic hydroxyl groups is 1. The van der Waals surface area contributed by atoms with E-state index in [1.807, 2.05) is 36.4 Å². The molecular formula is C42H39N6O10P. The molecule has 2 amide bonds. The molecule has 1 aliphatic heterocycles. The fourth-order valence-corrected chi connectivity index (χ4v) is 7.60. The van der Waals surface area contributed by atoms with E-state index in [1.165, 1.54) is 29.7 Å². The van der Waals surface area contributed by atoms with E-state index in [0.29, 0.717) is 11.4 Å². The highest BCUT2D eigenvalue weighted by molar-refractivity contribution is 7.48. The molecule has 0 aliphatic carbocycles. The average Bonchev–Trinajstić information content (AvgIpc) is 3.79. The first-order valence-electron chi connectivity index (χ1n) is 18.4. The first-order chi connectivity index (χ1) is 28.7. The second-order valence-corrected chi connectivity index (χ2v) is 14.9. The van der Waals surface area contributed by atoms with Crippen LogP contribution >= 0.6 is 7.82 Å². The number of aromatic nitrogens is 3. The molecule has 0 saturated carbocycles. The van der Waals surface area contributed by atoms with Crippen molar-refractivity contribution in [3.05, 3.63) is 144 Å². The van der Waals surface area contributed by atoms with Gasteiger partial charge < -0.3 is 23.9 Å². The summed E-state index contributed by atoms with van der Waals surface area (Å²) in [6.07, 6.45) is -4.35. The van der Waals surface area contributed by atoms with Gasteiger partial charge in [-0.1, -0.05) is 97.1 Å². The number of fused-ring (bicyclic) bond motifs is 1. The smallest absolute Gasteiger partial charge is 0.390 e. The number of anilines is 3. The third-order valence-corrected chi connectivity index (χ3v) is 10.5. The SMILES string of the molecule is CO[C@H]1[C@@H](O)[C@H](n2cc(C#N)c3c(OC(=O)N(c4ccccc4)c4ccccc4)nc(NC(C)=O)nc32)O[C@@H]1COP(=O)(OCc1ccccc1)OCc1ccccc1. The van der Waals surface area contributed by atoms with Gasteiger partial charge in [0, 0.05) is 20.2 Å². The molecule has 0 spiro atoms. The number of nitrogens with zero attached hydrogens (tertiary/aromatic N) is 5. The molecule has 4 atom stereocenters. The number of nitriles is 1. The molecule has 0 unspecified atom stereocenters. The van der Waals surface area contributed by atoms with Gasteiger partial charge in [0.15, 0.2) is 11.9 Å². The normalized spacial score (nSPS) is 17.7. The van der Waals surface area contributed by atoms with Gasteiger partial charge in [0.2, 0.25) is 17.7 Å². The molecule has 7 rings (SSSR count). The molecule has 2 aromatic heterocycles. The van der Waals surface area contributed by atoms with Gasteiger partial charge >= 0.3 is 13.9 Å². The maximum absolute atomic E-state index is 14.1. The second kappa shape index (κ2) is 18.5. The number of ether oxygens (including phenoxy) is 3. The average molecular weight is 819 g/mol. The molecular weight excluding hydrogens is 779 g/mol. The highest BCUT2D eigenvalue weighted by atomic mass is 31.2. The number of carbonyl (C=O) groups excluding carboxylic acids is 2. The minimum Gasteiger partial charge on any atom is -0.390 e. The molecule has 17 heteroatoms. The van der Waals surface area contributed by atoms with Crippen LogP contribution < -0.4 is 15.0 Å². The zero-order valence-electron chi connectivity index (χ0n) is 31.9. The third kappa shape index (κ3) is 9.55. The van der Waals surface area contributed by atoms with Crippen molar-refractivity contribution in [1.82, 2.24) is 14.5 Å². The number of methoxy groups -OCH3 is 1. The molecule has 1 fully saturated rings. The Morgan fingerprint density at radius 3 is 1.92 bits per heavy atom. The summed E-state index contributed by atoms with van der Waals surface area (Å²) in [6.45, 7) is 0.665. The number of aliphatic hydroxyl groups excluding tert-OH is 1. The van der Waals surface area contributed by atoms with E-state index in [2.05, 4.69) is 21.4 Å². The zero-order chi connectivity index (χ0) is 41.4. The fourth-order valence-electron chi connectivity index (χ4n) is 6.43. The number of nitrogens with one attached hydrogen (secondary N) is 1. The summed E-state index contributed by atoms with van der Waals surface area (Å²) < 4.78 is 50.7. The van der Waals surface area contributed by atoms with Crippen molar-refractivity contribution in [3.8, 4) is 11.9 Å². The minimum atomic E-state index is -4.26. The van der Waals surface area contributed by atoms with E-state index >= 15 is 0 Å². The van der Waals surface area contributed by atoms with Crippen molar-refractivity contribution in [1.29, 1.82) is 5.26 Å². The van der Waals surface area contributed by atoms with Crippen LogP contribution in [-0.2, 0) is 45.6 Å². The number of carbonyl (C=O) groups is 2. The lowest BCUT2D eigenvalue weighted by molar-refractivity contribution is -0.114. The molecule has 302 valence electrons. The third-order valence-electron chi connectivity index (χ3n) is 9.16. The van der Waals surface area contributed by atoms with Crippen molar-refractivity contribution in [2.75, 3.05) is 23.9 Å². The molecule has 6 aromatic rings. The van der Waals surface area contributed by atoms with Crippen molar-refractivity contribution < 1.29 is 47.0 Å². The summed E-state index contributed by atoms with van der Waals surface area (Å²) in [5.74, 6) is -1.14. The number of hydrogen-bond donors (Lipinski definition) is 2. The maximum atomic E-state index is 14.1. The summed E-state index contributed by atoms with van der Waals surface area (Å²) in [6, 6.07) is 37.8. The van der Waals surface area contributed by atoms with Gasteiger partial charge in [0.1, 0.15) is 24.4 Å². The van der Waals surface area contributed by atoms with Crippen LogP contribution in [0.1, 0.15) is 29.8 Å². The van der Waals surface area contributed by atoms with Crippen LogP contribution in [0.3, 0.4) is 0 Å². The number of phosphoric acid groups is 1. The summed E-state index contributed by atoms with van der Waals surface area (Å²) in [5.41, 5.74) is 2.35. The monoisotopic (exact) mass is 818 g/mol. The van der Waals surface area contributed by atoms with Crippen LogP contribution in [0.15, 0.2) is 128 Å². The first-order valence-corrected chi connectivity index (χ1v) is 19.8. The summed E-state index contributed by atoms with van der Waals surface area (Å²) in [7, 11) is -2.91. The summed E-state index contributed by atoms with van der Waals surface area (Å²) >= 11 is 0. The fraction of sp³-hybridized carbons (Fsp3) is 0.214. The number of hydrogen-bond acceptors (Lipinski definition) is 13. The van der Waals surface area contributed by atoms with Gasteiger partial charge in [0.25, 0.3) is 0 Å². The van der Waals surface area contributed by atoms with Crippen LogP contribution in [0.5, 0.6) is 5.88 Å². The van der Waals surface area contributed by atoms with Gasteiger partial charge in [0.05, 0.1) is 42.1 Å². The molecule has 1 saturated heterocycles. The van der Waals surface area contributed by atoms with E-state index < -0.39 is 51.0 Å². The topological polar surface area (TPSA) is 197 Å². The van der Waals surface area contributed by atoms with Crippen LogP contribution in [0.4, 0.5) is 22.1 Å². The van der Waals surface area contributed by atoms with Gasteiger partial charge in [-0.05, 0) is 35.4 Å². The number of para-hydroxylation sites is 2. The Morgan fingerprint density at radius 2 is 1.41 bits per heavy atom. The number of phosphoric ester groups is 1. The predicted molar refractivity (Wildman–Crippen MR) is 214 cm³/mol. The molecule has 0 bridgehead atoms. The minimum absolute atomic E-state index is 0.00591. The van der Waals surface area contributed by atoms with Crippen molar-refractivity contribution in [3.63, 3.8) is 0 Å². The van der Waals surface area contributed by atoms with Gasteiger partial charge in [-0.15, -0.1) is 0 Å². The van der Waals surface area contributed by atoms with Gasteiger partial charge in [-0.3, -0.25) is 23.7 Å². The number of benzene rings is 4. The van der Waals surface area contributed by atoms with Crippen molar-refractivity contribution >= 4 is 48.2 Å². The Labute approximate surface area is 339 Å². The summed E-state index contributed by atoms with van der Waals surface area (Å²) in [5, 5.41) is 24.5. The van der Waals surface area contributed by atoms with Crippen LogP contribution in [0.2, 0.25) is 0 Å². The molecule has 0 radical (unpaired) electrons. The standard InChI is InChI=1S/C42H39N6O10P/c1-28(49)44-41-45-38-35(39(46-41)58-42(51)48(32-19-11-5-12-20-32)33-21-13-6-14-22-33)31(23-43)24-47(38)40-36(50)37(53-2)34(57-40)27-56-59(52,54-25-29-15-7-3-8-16-29)55-26-30-17-9-4-10-18-30/h3-22,24,34,36-37,40,50H,25-27H2,1-2H3,(H,44,45,46,49)/t34-,36-,37-,40-/m1/s1. The van der Waals surface area contributed by atoms with Crippen molar-refractivity contribution in [2.24, 2.45) is 0 Å². The Morgan fingerprint density at radius 1 is 0.864 bits per heavy atom. The molecule has 16 nitrogen and oxygen atoms in total. The van der Waals surface area contributed by atoms with Gasteiger partial charge in [-0.25, -0.2) is 14.3 Å². The van der Waals surface area contributed by atoms with E-state index in [-0.39, 0.29) is 41.6 Å². The van der Waals surface area contributed by atoms with Crippen LogP contribution in [0.25, 0.3) is 11.0 Å². The van der Waals surface area contributed by atoms with E-state index in [4.69, 9.17) is 27.8 Å². The number of amides is 2. The first kappa shape index (κ1) is 40.9. The lowest BCUT2D eigenvalue weighted by Crippen LogP contribution is -2.35. The highest BCUT2D eigenvalue weighted by Crippen LogP contribution is 2.52. The lowest BCUT2D eigenvalue weighted by atomic mass is 10.1. The zero-order valence-corrected chi connectivity index (χ0v) is 32.8. The number of rotatable bonds is 15. The van der Waals surface area contributed by atoms with Crippen molar-refractivity contribution in [2.45, 2.75) is 44.7 Å². The Bertz CT molecular complexity index is 2380. The Hall–Kier alpha value is -6.28. The van der Waals surface area contributed by atoms with Crippen LogP contribution in [-0.4, -0.2) is 63.7 Å². The predicted octanol–water partition coefficient (Wildman–Crippen LogP) is 7.43. The lowest BCUT2D eigenvalue weighted by Gasteiger charge is -2.22. The molecule has 1 aliphatic rings. The highest BCUT2D eigenvalue weighted by Gasteiger charge is 2.47. The molecule has 59 heavy (non-hydrogen) atoms. The molecule has 3 heterocycles. The largest absolute Gasteiger partial charge is 0.475 e. The maximum Gasteiger partial charge on any atom is 0.475 e. The molecule has 2 N–H and O–H groups in total. The quantitative estimate of drug-likeness (QED) is 0.0972. The van der Waals surface area contributed by atoms with E-state index in [9.17, 15) is 24.5 Å². The van der Waals surface area contributed by atoms with Gasteiger partial charge in [-0.2, -0.15) is 15.2 Å². The second-order valence-electron chi connectivity index (χ2n) is 13.2. The Kier molecular flexibility index (Phi) is 12.9. The van der Waals surface area contributed by atoms with E-state index in [0.717, 1.165) is 11.1 Å². The summed E-state index contributed by atoms with van der Waals surface area (Å²) in [4.78, 5) is 36.4. The van der Waals surface area contributed by atoms with Crippen LogP contribution in [0, 0.1) is 11.3 Å². The van der Waals surface area contributed by atoms with E-state index in [1.54, 1.807) is 84.9 Å². The molecule has 4 aromatic carbocycles. The Balaban J connectivity index is 1.19.